The van der Waals surface area contributed by atoms with Crippen LogP contribution in [0.2, 0.25) is 0 Å². The molecule has 1 fully saturated rings. The third-order valence-corrected chi connectivity index (χ3v) is 3.66. The summed E-state index contributed by atoms with van der Waals surface area (Å²) < 4.78 is 0. The number of nitrogen functional groups attached to an aromatic ring is 1. The van der Waals surface area contributed by atoms with Gasteiger partial charge in [0.25, 0.3) is 0 Å². The molecule has 102 valence electrons. The van der Waals surface area contributed by atoms with E-state index in [9.17, 15) is 4.79 Å². The minimum Gasteiger partial charge on any atom is -0.478 e. The zero-order valence-electron chi connectivity index (χ0n) is 10.9. The summed E-state index contributed by atoms with van der Waals surface area (Å²) in [6.07, 6.45) is 1.04. The maximum atomic E-state index is 11.0. The lowest BCUT2D eigenvalue weighted by Gasteiger charge is -2.10. The lowest BCUT2D eigenvalue weighted by Crippen LogP contribution is -2.08. The lowest BCUT2D eigenvalue weighted by molar-refractivity contribution is 0.0697. The normalized spacial score (nSPS) is 20.4. The molecule has 3 rings (SSSR count). The van der Waals surface area contributed by atoms with E-state index in [1.807, 2.05) is 18.2 Å². The zero-order chi connectivity index (χ0) is 14.1. The van der Waals surface area contributed by atoms with Crippen LogP contribution in [0.25, 0.3) is 0 Å². The van der Waals surface area contributed by atoms with E-state index in [1.54, 1.807) is 12.1 Å². The SMILES string of the molecule is Nc1ccc(C(=O)O)cc1NC1CC1c1ccccc1. The fraction of sp³-hybridized carbons (Fsp3) is 0.188. The van der Waals surface area contributed by atoms with E-state index in [0.717, 1.165) is 6.42 Å². The van der Waals surface area contributed by atoms with Crippen LogP contribution >= 0.6 is 0 Å². The molecule has 0 saturated heterocycles. The first-order valence-corrected chi connectivity index (χ1v) is 6.59. The van der Waals surface area contributed by atoms with Crippen molar-refractivity contribution in [3.63, 3.8) is 0 Å². The van der Waals surface area contributed by atoms with Crippen molar-refractivity contribution in [2.24, 2.45) is 0 Å². The summed E-state index contributed by atoms with van der Waals surface area (Å²) in [5, 5.41) is 12.4. The van der Waals surface area contributed by atoms with Gasteiger partial charge in [-0.1, -0.05) is 30.3 Å². The molecule has 2 aromatic carbocycles. The Morgan fingerprint density at radius 3 is 2.65 bits per heavy atom. The fourth-order valence-electron chi connectivity index (χ4n) is 2.44. The smallest absolute Gasteiger partial charge is 0.335 e. The van der Waals surface area contributed by atoms with E-state index in [2.05, 4.69) is 17.4 Å². The van der Waals surface area contributed by atoms with E-state index >= 15 is 0 Å². The van der Waals surface area contributed by atoms with E-state index in [4.69, 9.17) is 10.8 Å². The molecule has 4 nitrogen and oxygen atoms in total. The predicted octanol–water partition coefficient (Wildman–Crippen LogP) is 2.94. The largest absolute Gasteiger partial charge is 0.478 e. The van der Waals surface area contributed by atoms with E-state index < -0.39 is 5.97 Å². The summed E-state index contributed by atoms with van der Waals surface area (Å²) in [7, 11) is 0. The summed E-state index contributed by atoms with van der Waals surface area (Å²) in [5.41, 5.74) is 8.73. The Balaban J connectivity index is 1.74. The highest BCUT2D eigenvalue weighted by atomic mass is 16.4. The molecule has 0 amide bonds. The third kappa shape index (κ3) is 2.45. The summed E-state index contributed by atoms with van der Waals surface area (Å²) in [6.45, 7) is 0. The zero-order valence-corrected chi connectivity index (χ0v) is 10.9. The molecule has 0 heterocycles. The van der Waals surface area contributed by atoms with Crippen LogP contribution in [0.3, 0.4) is 0 Å². The topological polar surface area (TPSA) is 75.4 Å². The molecular formula is C16H16N2O2. The van der Waals surface area contributed by atoms with E-state index in [-0.39, 0.29) is 5.56 Å². The summed E-state index contributed by atoms with van der Waals surface area (Å²) >= 11 is 0. The van der Waals surface area contributed by atoms with Gasteiger partial charge in [-0.2, -0.15) is 0 Å². The van der Waals surface area contributed by atoms with Crippen molar-refractivity contribution in [1.82, 2.24) is 0 Å². The number of hydrogen-bond acceptors (Lipinski definition) is 3. The van der Waals surface area contributed by atoms with Crippen LogP contribution in [0.1, 0.15) is 28.3 Å². The maximum absolute atomic E-state index is 11.0. The monoisotopic (exact) mass is 268 g/mol. The number of aromatic carboxylic acids is 1. The Kier molecular flexibility index (Phi) is 3.06. The highest BCUT2D eigenvalue weighted by Gasteiger charge is 2.38. The molecule has 0 aromatic heterocycles. The molecule has 2 unspecified atom stereocenters. The summed E-state index contributed by atoms with van der Waals surface area (Å²) in [5.74, 6) is -0.465. The van der Waals surface area contributed by atoms with Crippen LogP contribution < -0.4 is 11.1 Å². The highest BCUT2D eigenvalue weighted by molar-refractivity contribution is 5.90. The summed E-state index contributed by atoms with van der Waals surface area (Å²) in [4.78, 5) is 11.0. The van der Waals surface area contributed by atoms with Gasteiger partial charge in [-0.3, -0.25) is 0 Å². The average molecular weight is 268 g/mol. The number of hydrogen-bond donors (Lipinski definition) is 3. The molecule has 0 spiro atoms. The fourth-order valence-corrected chi connectivity index (χ4v) is 2.44. The van der Waals surface area contributed by atoms with Gasteiger partial charge in [-0.05, 0) is 30.2 Å². The second kappa shape index (κ2) is 4.89. The second-order valence-electron chi connectivity index (χ2n) is 5.11. The van der Waals surface area contributed by atoms with E-state index in [1.165, 1.54) is 11.6 Å². The number of carboxylic acid groups (broad SMARTS) is 1. The number of nitrogens with two attached hydrogens (primary N) is 1. The van der Waals surface area contributed by atoms with E-state index in [0.29, 0.717) is 23.3 Å². The van der Waals surface area contributed by atoms with Crippen molar-refractivity contribution in [2.45, 2.75) is 18.4 Å². The van der Waals surface area contributed by atoms with Crippen LogP contribution in [0, 0.1) is 0 Å². The van der Waals surface area contributed by atoms with Crippen molar-refractivity contribution >= 4 is 17.3 Å². The van der Waals surface area contributed by atoms with Crippen molar-refractivity contribution in [3.8, 4) is 0 Å². The number of carbonyl (C=O) groups is 1. The van der Waals surface area contributed by atoms with Gasteiger partial charge < -0.3 is 16.2 Å². The quantitative estimate of drug-likeness (QED) is 0.745. The minimum absolute atomic E-state index is 0.249. The van der Waals surface area contributed by atoms with Gasteiger partial charge in [-0.25, -0.2) is 4.79 Å². The van der Waals surface area contributed by atoms with Crippen LogP contribution in [-0.4, -0.2) is 17.1 Å². The molecule has 0 radical (unpaired) electrons. The molecule has 0 bridgehead atoms. The van der Waals surface area contributed by atoms with Gasteiger partial charge in [0.2, 0.25) is 0 Å². The molecule has 20 heavy (non-hydrogen) atoms. The van der Waals surface area contributed by atoms with Crippen molar-refractivity contribution in [2.75, 3.05) is 11.1 Å². The van der Waals surface area contributed by atoms with Crippen LogP contribution in [0.5, 0.6) is 0 Å². The number of carboxylic acids is 1. The number of benzene rings is 2. The maximum Gasteiger partial charge on any atom is 0.335 e. The lowest BCUT2D eigenvalue weighted by atomic mass is 10.1. The van der Waals surface area contributed by atoms with Gasteiger partial charge in [0, 0.05) is 12.0 Å². The standard InChI is InChI=1S/C16H16N2O2/c17-13-7-6-11(16(19)20)8-15(13)18-14-9-12(14)10-4-2-1-3-5-10/h1-8,12,14,18H,9,17H2,(H,19,20). The third-order valence-electron chi connectivity index (χ3n) is 3.66. The molecule has 2 atom stereocenters. The van der Waals surface area contributed by atoms with Crippen LogP contribution in [-0.2, 0) is 0 Å². The first kappa shape index (κ1) is 12.5. The Morgan fingerprint density at radius 1 is 1.20 bits per heavy atom. The molecule has 4 heteroatoms. The van der Waals surface area contributed by atoms with Gasteiger partial charge >= 0.3 is 5.97 Å². The van der Waals surface area contributed by atoms with Crippen molar-refractivity contribution < 1.29 is 9.90 Å². The second-order valence-corrected chi connectivity index (χ2v) is 5.11. The summed E-state index contributed by atoms with van der Waals surface area (Å²) in [6, 6.07) is 15.4. The van der Waals surface area contributed by atoms with Crippen LogP contribution in [0.15, 0.2) is 48.5 Å². The average Bonchev–Trinajstić information content (AvgIpc) is 3.21. The molecule has 4 N–H and O–H groups in total. The Bertz CT molecular complexity index is 640. The molecular weight excluding hydrogens is 252 g/mol. The molecule has 1 saturated carbocycles. The van der Waals surface area contributed by atoms with Crippen molar-refractivity contribution in [3.05, 3.63) is 59.7 Å². The predicted molar refractivity (Wildman–Crippen MR) is 79.0 cm³/mol. The Hall–Kier alpha value is -2.49. The van der Waals surface area contributed by atoms with Gasteiger partial charge in [0.05, 0.1) is 16.9 Å². The molecule has 2 aromatic rings. The Morgan fingerprint density at radius 2 is 1.95 bits per heavy atom. The number of rotatable bonds is 4. The van der Waals surface area contributed by atoms with Crippen LogP contribution in [0.4, 0.5) is 11.4 Å². The highest BCUT2D eigenvalue weighted by Crippen LogP contribution is 2.43. The Labute approximate surface area is 117 Å². The van der Waals surface area contributed by atoms with Crippen molar-refractivity contribution in [1.29, 1.82) is 0 Å². The minimum atomic E-state index is -0.941. The first-order chi connectivity index (χ1) is 9.65. The number of nitrogens with one attached hydrogen (secondary N) is 1. The van der Waals surface area contributed by atoms with Gasteiger partial charge in [-0.15, -0.1) is 0 Å². The molecule has 1 aliphatic rings. The first-order valence-electron chi connectivity index (χ1n) is 6.59. The van der Waals surface area contributed by atoms with Gasteiger partial charge in [0.15, 0.2) is 0 Å². The van der Waals surface area contributed by atoms with Gasteiger partial charge in [0.1, 0.15) is 0 Å². The number of anilines is 2. The molecule has 1 aliphatic carbocycles. The molecule has 0 aliphatic heterocycles.